The molecule has 6 N–H and O–H groups in total. The van der Waals surface area contributed by atoms with Crippen molar-refractivity contribution in [2.45, 2.75) is 123 Å². The Kier molecular flexibility index (Phi) is 20.4. The Morgan fingerprint density at radius 1 is 0.900 bits per heavy atom. The molecule has 430 valence electrons. The lowest BCUT2D eigenvalue weighted by atomic mass is 9.85. The van der Waals surface area contributed by atoms with E-state index in [0.29, 0.717) is 42.8 Å². The number of hydrogen-bond donors (Lipinski definition) is 5. The SMILES string of the molecule is Cc1ncsc1-c1ccc(CNC(=O)[C@@H]2C[C@@H](O)CN2C(=O)[C@@H](NC(=O)CCOCCC(=O)NCCCCn2cnc(-c3cnc(O[C@@H]4CCN(C(=O)Cc5ccc(OC(F)(F)F)cc5)C[C@H]4F)c(C(N)=O)c3)c2)C(C)(C)C)cc1. The number of carbonyl (C=O) groups is 6. The van der Waals surface area contributed by atoms with Crippen LogP contribution in [0.5, 0.6) is 11.6 Å². The van der Waals surface area contributed by atoms with E-state index in [1.54, 1.807) is 50.1 Å². The molecule has 0 aliphatic carbocycles. The molecule has 80 heavy (non-hydrogen) atoms. The topological polar surface area (TPSA) is 263 Å². The van der Waals surface area contributed by atoms with Crippen LogP contribution in [0.15, 0.2) is 78.8 Å². The molecule has 2 aromatic carbocycles. The summed E-state index contributed by atoms with van der Waals surface area (Å²) in [7, 11) is 0. The number of thiazole rings is 1. The molecular formula is C55H66F4N10O10S. The van der Waals surface area contributed by atoms with Gasteiger partial charge in [-0.1, -0.05) is 57.2 Å². The summed E-state index contributed by atoms with van der Waals surface area (Å²) in [4.78, 5) is 95.2. The van der Waals surface area contributed by atoms with E-state index >= 15 is 4.39 Å². The number of primary amides is 1. The fourth-order valence-electron chi connectivity index (χ4n) is 9.16. The van der Waals surface area contributed by atoms with Gasteiger partial charge in [0.2, 0.25) is 35.4 Å². The van der Waals surface area contributed by atoms with Crippen molar-refractivity contribution in [1.29, 1.82) is 0 Å². The second kappa shape index (κ2) is 27.1. The number of pyridine rings is 1. The molecule has 25 heteroatoms. The number of aliphatic hydroxyl groups excluding tert-OH is 1. The largest absolute Gasteiger partial charge is 0.573 e. The Morgan fingerprint density at radius 2 is 1.61 bits per heavy atom. The number of piperidine rings is 1. The van der Waals surface area contributed by atoms with Gasteiger partial charge in [-0.2, -0.15) is 0 Å². The molecule has 0 saturated carbocycles. The zero-order chi connectivity index (χ0) is 57.7. The van der Waals surface area contributed by atoms with Crippen LogP contribution in [-0.2, 0) is 48.2 Å². The fraction of sp³-hybridized carbons (Fsp3) is 0.473. The number of ether oxygens (including phenoxy) is 3. The molecule has 2 fully saturated rings. The van der Waals surface area contributed by atoms with Crippen LogP contribution in [-0.4, -0.2) is 146 Å². The van der Waals surface area contributed by atoms with Gasteiger partial charge < -0.3 is 55.4 Å². The normalized spacial score (nSPS) is 17.9. The molecule has 0 spiro atoms. The summed E-state index contributed by atoms with van der Waals surface area (Å²) in [6, 6.07) is 12.1. The van der Waals surface area contributed by atoms with Crippen molar-refractivity contribution >= 4 is 46.8 Å². The lowest BCUT2D eigenvalue weighted by Gasteiger charge is -2.35. The number of rotatable bonds is 24. The van der Waals surface area contributed by atoms with Crippen LogP contribution < -0.4 is 31.2 Å². The van der Waals surface area contributed by atoms with Gasteiger partial charge in [0.1, 0.15) is 29.5 Å². The number of aliphatic hydroxyl groups is 1. The summed E-state index contributed by atoms with van der Waals surface area (Å²) < 4.78 is 70.0. The number of β-amino-alcohol motifs (C(OH)–C–C–N with tert-alkyl or cyclic N) is 1. The molecule has 0 bridgehead atoms. The number of nitrogens with one attached hydrogen (secondary N) is 3. The molecule has 0 unspecified atom stereocenters. The van der Waals surface area contributed by atoms with Crippen molar-refractivity contribution in [3.05, 3.63) is 101 Å². The molecule has 7 rings (SSSR count). The lowest BCUT2D eigenvalue weighted by molar-refractivity contribution is -0.274. The third kappa shape index (κ3) is 17.0. The zero-order valence-electron chi connectivity index (χ0n) is 44.8. The number of amides is 6. The van der Waals surface area contributed by atoms with Crippen molar-refractivity contribution in [3.8, 4) is 33.3 Å². The van der Waals surface area contributed by atoms with Gasteiger partial charge in [-0.25, -0.2) is 19.3 Å². The van der Waals surface area contributed by atoms with E-state index in [1.807, 2.05) is 35.8 Å². The van der Waals surface area contributed by atoms with Crippen molar-refractivity contribution in [2.24, 2.45) is 11.1 Å². The lowest BCUT2D eigenvalue weighted by Crippen LogP contribution is -2.57. The van der Waals surface area contributed by atoms with Gasteiger partial charge in [-0.15, -0.1) is 24.5 Å². The molecular weight excluding hydrogens is 1070 g/mol. The van der Waals surface area contributed by atoms with Crippen LogP contribution in [0.4, 0.5) is 17.6 Å². The number of aromatic nitrogens is 4. The number of halogens is 4. The van der Waals surface area contributed by atoms with E-state index in [4.69, 9.17) is 15.2 Å². The highest BCUT2D eigenvalue weighted by molar-refractivity contribution is 7.13. The van der Waals surface area contributed by atoms with Crippen molar-refractivity contribution in [2.75, 3.05) is 39.4 Å². The number of likely N-dealkylation sites (tertiary alicyclic amines) is 2. The Balaban J connectivity index is 0.771. The minimum atomic E-state index is -4.85. The van der Waals surface area contributed by atoms with E-state index in [0.717, 1.165) is 33.8 Å². The van der Waals surface area contributed by atoms with Crippen LogP contribution in [0.1, 0.15) is 86.5 Å². The second-order valence-corrected chi connectivity index (χ2v) is 21.6. The van der Waals surface area contributed by atoms with E-state index < -0.39 is 77.5 Å². The molecule has 0 radical (unpaired) electrons. The third-order valence-corrected chi connectivity index (χ3v) is 14.5. The highest BCUT2D eigenvalue weighted by Gasteiger charge is 2.44. The molecule has 5 heterocycles. The maximum Gasteiger partial charge on any atom is 0.573 e. The van der Waals surface area contributed by atoms with Crippen molar-refractivity contribution in [3.63, 3.8) is 0 Å². The number of benzene rings is 2. The van der Waals surface area contributed by atoms with Crippen LogP contribution in [0.2, 0.25) is 0 Å². The third-order valence-electron chi connectivity index (χ3n) is 13.5. The Bertz CT molecular complexity index is 2950. The van der Waals surface area contributed by atoms with Crippen LogP contribution >= 0.6 is 11.3 Å². The smallest absolute Gasteiger partial charge is 0.471 e. The standard InChI is InChI=1S/C55H66F4N10O10S/c1-33-48(80-32-65-33)36-11-7-35(8-12-36)26-62-51(75)43-25-38(70)28-69(43)53(76)49(54(2,3)4)66-46(72)17-22-77-21-16-45(71)61-18-5-6-19-67-30-42(64-31-67)37-24-40(50(60)74)52(63-27-37)78-44-15-20-68(29-41(44)56)47(73)23-34-9-13-39(14-10-34)79-55(57,58)59/h7-14,24,27,30-32,38,41,43-44,49,70H,5-6,15-23,25-26,28-29H2,1-4H3,(H2,60,74)(H,61,71)(H,62,75)(H,66,72)/t38-,41-,43+,44-,49-/m1/s1. The quantitative estimate of drug-likeness (QED) is 0.0382. The predicted molar refractivity (Wildman–Crippen MR) is 285 cm³/mol. The minimum absolute atomic E-state index is 0.00172. The fourth-order valence-corrected chi connectivity index (χ4v) is 9.97. The van der Waals surface area contributed by atoms with E-state index in [2.05, 4.69) is 35.6 Å². The Hall–Kier alpha value is -7.51. The predicted octanol–water partition coefficient (Wildman–Crippen LogP) is 5.44. The summed E-state index contributed by atoms with van der Waals surface area (Å²) in [6.45, 7) is 8.33. The number of alkyl halides is 4. The maximum atomic E-state index is 15.4. The summed E-state index contributed by atoms with van der Waals surface area (Å²) >= 11 is 1.55. The molecule has 20 nitrogen and oxygen atoms in total. The molecule has 2 saturated heterocycles. The summed E-state index contributed by atoms with van der Waals surface area (Å²) in [5, 5.41) is 19.1. The average Bonchev–Trinajstić information content (AvgIpc) is 4.20. The summed E-state index contributed by atoms with van der Waals surface area (Å²) in [6.07, 6.45) is -2.44. The van der Waals surface area contributed by atoms with Gasteiger partial charge in [0.05, 0.1) is 60.4 Å². The average molecular weight is 1140 g/mol. The van der Waals surface area contributed by atoms with Gasteiger partial charge in [0.25, 0.3) is 5.91 Å². The minimum Gasteiger partial charge on any atom is -0.471 e. The first-order valence-electron chi connectivity index (χ1n) is 26.2. The van der Waals surface area contributed by atoms with Gasteiger partial charge in [-0.3, -0.25) is 28.8 Å². The summed E-state index contributed by atoms with van der Waals surface area (Å²) in [5.41, 5.74) is 10.8. The highest BCUT2D eigenvalue weighted by Crippen LogP contribution is 2.31. The van der Waals surface area contributed by atoms with Crippen LogP contribution in [0.3, 0.4) is 0 Å². The van der Waals surface area contributed by atoms with E-state index in [9.17, 15) is 47.0 Å². The number of nitrogens with zero attached hydrogens (tertiary/aromatic N) is 6. The first-order valence-corrected chi connectivity index (χ1v) is 27.0. The Labute approximate surface area is 463 Å². The van der Waals surface area contributed by atoms with Gasteiger partial charge in [-0.05, 0) is 60.1 Å². The van der Waals surface area contributed by atoms with Gasteiger partial charge in [0, 0.05) is 76.4 Å². The molecule has 5 atom stereocenters. The monoisotopic (exact) mass is 1130 g/mol. The van der Waals surface area contributed by atoms with Crippen molar-refractivity contribution < 1.29 is 65.6 Å². The number of unbranched alkanes of at least 4 members (excludes halogenated alkanes) is 1. The van der Waals surface area contributed by atoms with Crippen molar-refractivity contribution in [1.82, 2.24) is 45.3 Å². The number of nitrogens with two attached hydrogens (primary N) is 1. The van der Waals surface area contributed by atoms with Gasteiger partial charge >= 0.3 is 6.36 Å². The second-order valence-electron chi connectivity index (χ2n) is 20.7. The van der Waals surface area contributed by atoms with Crippen LogP contribution in [0, 0.1) is 12.3 Å². The highest BCUT2D eigenvalue weighted by atomic mass is 32.1. The molecule has 2 aliphatic heterocycles. The van der Waals surface area contributed by atoms with E-state index in [-0.39, 0.29) is 88.8 Å². The van der Waals surface area contributed by atoms with E-state index in [1.165, 1.54) is 34.2 Å². The Morgan fingerprint density at radius 3 is 2.27 bits per heavy atom. The zero-order valence-corrected chi connectivity index (χ0v) is 45.6. The maximum absolute atomic E-state index is 15.4. The first kappa shape index (κ1) is 60.1. The number of aryl methyl sites for hydroxylation is 2. The molecule has 6 amide bonds. The molecule has 3 aromatic heterocycles. The van der Waals surface area contributed by atoms with Gasteiger partial charge in [0.15, 0.2) is 6.17 Å². The number of hydrogen-bond acceptors (Lipinski definition) is 14. The number of imidazole rings is 1. The molecule has 5 aromatic rings. The number of carbonyl (C=O) groups excluding carboxylic acids is 6. The first-order chi connectivity index (χ1) is 38.0. The van der Waals surface area contributed by atoms with Crippen LogP contribution in [0.25, 0.3) is 21.7 Å². The molecule has 2 aliphatic rings. The summed E-state index contributed by atoms with van der Waals surface area (Å²) in [5.74, 6) is -3.47.